The maximum absolute atomic E-state index is 9.66. The predicted octanol–water partition coefficient (Wildman–Crippen LogP) is 7.95. The molecule has 0 bridgehead atoms. The van der Waals surface area contributed by atoms with Gasteiger partial charge in [0.2, 0.25) is 0 Å². The fourth-order valence-corrected chi connectivity index (χ4v) is 6.14. The van der Waals surface area contributed by atoms with Crippen molar-refractivity contribution in [2.75, 3.05) is 0 Å². The van der Waals surface area contributed by atoms with Crippen LogP contribution in [-0.4, -0.2) is 19.1 Å². The fraction of sp³-hybridized carbons (Fsp3) is 0. The predicted molar refractivity (Wildman–Crippen MR) is 170 cm³/mol. The van der Waals surface area contributed by atoms with Crippen molar-refractivity contribution in [2.24, 2.45) is 0 Å². The van der Waals surface area contributed by atoms with Gasteiger partial charge in [-0.05, 0) is 83.9 Å². The van der Waals surface area contributed by atoms with Gasteiger partial charge in [-0.2, -0.15) is 15.8 Å². The summed E-state index contributed by atoms with van der Waals surface area (Å²) in [6, 6.07) is 39.7. The van der Waals surface area contributed by atoms with E-state index in [0.717, 1.165) is 54.7 Å². The Morgan fingerprint density at radius 2 is 1.07 bits per heavy atom. The summed E-state index contributed by atoms with van der Waals surface area (Å²) in [4.78, 5) is 9.72. The molecule has 0 aliphatic rings. The van der Waals surface area contributed by atoms with E-state index < -0.39 is 0 Å². The summed E-state index contributed by atoms with van der Waals surface area (Å²) in [5, 5.41) is 32.9. The average molecular weight is 562 g/mol. The van der Waals surface area contributed by atoms with Gasteiger partial charge >= 0.3 is 0 Å². The van der Waals surface area contributed by atoms with Crippen molar-refractivity contribution >= 4 is 43.6 Å². The van der Waals surface area contributed by atoms with Crippen LogP contribution in [0.15, 0.2) is 116 Å². The van der Waals surface area contributed by atoms with Gasteiger partial charge in [-0.3, -0.25) is 14.1 Å². The summed E-state index contributed by atoms with van der Waals surface area (Å²) < 4.78 is 4.19. The molecule has 0 aliphatic heterocycles. The Labute approximate surface area is 251 Å². The van der Waals surface area contributed by atoms with E-state index >= 15 is 0 Å². The molecule has 0 amide bonds. The lowest BCUT2D eigenvalue weighted by atomic mass is 10.0. The van der Waals surface area contributed by atoms with Crippen LogP contribution in [-0.2, 0) is 0 Å². The molecule has 0 radical (unpaired) electrons. The van der Waals surface area contributed by atoms with Crippen molar-refractivity contribution in [3.63, 3.8) is 0 Å². The number of rotatable bonds is 3. The maximum Gasteiger partial charge on any atom is 0.140 e. The lowest BCUT2D eigenvalue weighted by Gasteiger charge is -2.14. The monoisotopic (exact) mass is 561 g/mol. The van der Waals surface area contributed by atoms with E-state index in [-0.39, 0.29) is 0 Å². The third-order valence-corrected chi connectivity index (χ3v) is 8.08. The lowest BCUT2D eigenvalue weighted by Crippen LogP contribution is -2.04. The van der Waals surface area contributed by atoms with Crippen LogP contribution in [0.4, 0.5) is 0 Å². The minimum absolute atomic E-state index is 0.535. The van der Waals surface area contributed by atoms with Gasteiger partial charge in [-0.1, -0.05) is 30.3 Å². The lowest BCUT2D eigenvalue weighted by molar-refractivity contribution is 1.01. The zero-order chi connectivity index (χ0) is 29.8. The van der Waals surface area contributed by atoms with Crippen LogP contribution in [0.25, 0.3) is 66.4 Å². The minimum Gasteiger partial charge on any atom is -0.294 e. The van der Waals surface area contributed by atoms with E-state index in [4.69, 9.17) is 4.98 Å². The number of nitriles is 3. The van der Waals surface area contributed by atoms with E-state index in [9.17, 15) is 15.8 Å². The number of hydrogen-bond acceptors (Lipinski definition) is 5. The number of pyridine rings is 2. The second kappa shape index (κ2) is 9.67. The summed E-state index contributed by atoms with van der Waals surface area (Å²) >= 11 is 0. The summed E-state index contributed by atoms with van der Waals surface area (Å²) in [7, 11) is 0. The standard InChI is InChI=1S/C37H19N7/c38-19-23-4-3-5-26(14-23)27-17-36(42-37(18-27)44-32-7-2-1-6-28(32)29-12-13-41-22-35(29)44)43-33-10-8-24(20-39)15-30(33)31-16-25(21-40)9-11-34(31)43/h1-18,22H. The van der Waals surface area contributed by atoms with Crippen LogP contribution in [0.3, 0.4) is 0 Å². The number of nitrogens with zero attached hydrogens (tertiary/aromatic N) is 7. The van der Waals surface area contributed by atoms with E-state index in [1.54, 1.807) is 24.4 Å². The molecular weight excluding hydrogens is 542 g/mol. The number of hydrogen-bond donors (Lipinski definition) is 0. The Morgan fingerprint density at radius 1 is 0.477 bits per heavy atom. The van der Waals surface area contributed by atoms with Crippen LogP contribution in [0, 0.1) is 34.0 Å². The van der Waals surface area contributed by atoms with Crippen LogP contribution in [0.1, 0.15) is 16.7 Å². The summed E-state index contributed by atoms with van der Waals surface area (Å²) in [6.07, 6.45) is 3.65. The summed E-state index contributed by atoms with van der Waals surface area (Å²) in [6.45, 7) is 0. The third-order valence-electron chi connectivity index (χ3n) is 8.08. The van der Waals surface area contributed by atoms with Gasteiger partial charge in [-0.25, -0.2) is 4.98 Å². The number of fused-ring (bicyclic) bond motifs is 6. The van der Waals surface area contributed by atoms with Crippen molar-refractivity contribution in [3.8, 4) is 41.0 Å². The zero-order valence-electron chi connectivity index (χ0n) is 23.1. The molecule has 8 aromatic rings. The highest BCUT2D eigenvalue weighted by Gasteiger charge is 2.19. The molecule has 202 valence electrons. The molecule has 7 heteroatoms. The molecule has 7 nitrogen and oxygen atoms in total. The van der Waals surface area contributed by atoms with Gasteiger partial charge in [0, 0.05) is 27.7 Å². The second-order valence-electron chi connectivity index (χ2n) is 10.5. The van der Waals surface area contributed by atoms with Gasteiger partial charge < -0.3 is 0 Å². The molecule has 0 saturated heterocycles. The van der Waals surface area contributed by atoms with E-state index in [0.29, 0.717) is 28.3 Å². The summed E-state index contributed by atoms with van der Waals surface area (Å²) in [5.41, 5.74) is 7.04. The highest BCUT2D eigenvalue weighted by atomic mass is 15.1. The molecule has 0 atom stereocenters. The van der Waals surface area contributed by atoms with Crippen LogP contribution < -0.4 is 0 Å². The van der Waals surface area contributed by atoms with Crippen LogP contribution in [0.5, 0.6) is 0 Å². The quantitative estimate of drug-likeness (QED) is 0.218. The second-order valence-corrected chi connectivity index (χ2v) is 10.5. The maximum atomic E-state index is 9.66. The molecular formula is C37H19N7. The molecule has 0 fully saturated rings. The molecule has 0 N–H and O–H groups in total. The van der Waals surface area contributed by atoms with Gasteiger partial charge in [0.15, 0.2) is 0 Å². The van der Waals surface area contributed by atoms with Crippen molar-refractivity contribution in [3.05, 3.63) is 132 Å². The number of para-hydroxylation sites is 1. The molecule has 0 aliphatic carbocycles. The molecule has 8 rings (SSSR count). The zero-order valence-corrected chi connectivity index (χ0v) is 23.1. The molecule has 4 heterocycles. The van der Waals surface area contributed by atoms with Crippen molar-refractivity contribution in [2.45, 2.75) is 0 Å². The Morgan fingerprint density at radius 3 is 1.75 bits per heavy atom. The molecule has 0 spiro atoms. The first-order chi connectivity index (χ1) is 21.7. The number of benzene rings is 4. The molecule has 0 unspecified atom stereocenters. The van der Waals surface area contributed by atoms with E-state index in [1.165, 1.54) is 0 Å². The number of aromatic nitrogens is 4. The Hall–Kier alpha value is -6.75. The van der Waals surface area contributed by atoms with Crippen molar-refractivity contribution in [1.82, 2.24) is 19.1 Å². The smallest absolute Gasteiger partial charge is 0.140 e. The van der Waals surface area contributed by atoms with Crippen LogP contribution >= 0.6 is 0 Å². The van der Waals surface area contributed by atoms with Gasteiger partial charge in [0.25, 0.3) is 0 Å². The summed E-state index contributed by atoms with van der Waals surface area (Å²) in [5.74, 6) is 1.35. The Kier molecular flexibility index (Phi) is 5.49. The first kappa shape index (κ1) is 25.0. The van der Waals surface area contributed by atoms with Gasteiger partial charge in [-0.15, -0.1) is 0 Å². The van der Waals surface area contributed by atoms with E-state index in [1.807, 2.05) is 79.0 Å². The third kappa shape index (κ3) is 3.73. The fourth-order valence-electron chi connectivity index (χ4n) is 6.14. The molecule has 4 aromatic heterocycles. The molecule has 44 heavy (non-hydrogen) atoms. The SMILES string of the molecule is N#Cc1cccc(-c2cc(-n3c4ccc(C#N)cc4c4cc(C#N)ccc43)nc(-n3c4ccccc4c4ccncc43)c2)c1. The molecule has 0 saturated carbocycles. The highest BCUT2D eigenvalue weighted by molar-refractivity contribution is 6.10. The van der Waals surface area contributed by atoms with Gasteiger partial charge in [0.1, 0.15) is 11.6 Å². The Bertz CT molecular complexity index is 2480. The minimum atomic E-state index is 0.535. The van der Waals surface area contributed by atoms with Gasteiger partial charge in [0.05, 0.1) is 63.2 Å². The normalized spacial score (nSPS) is 11.1. The molecule has 4 aromatic carbocycles. The first-order valence-corrected chi connectivity index (χ1v) is 13.9. The van der Waals surface area contributed by atoms with Crippen molar-refractivity contribution < 1.29 is 0 Å². The van der Waals surface area contributed by atoms with Crippen molar-refractivity contribution in [1.29, 1.82) is 15.8 Å². The highest BCUT2D eigenvalue weighted by Crippen LogP contribution is 2.36. The topological polar surface area (TPSA) is 107 Å². The van der Waals surface area contributed by atoms with E-state index in [2.05, 4.69) is 44.5 Å². The Balaban J connectivity index is 1.51. The average Bonchev–Trinajstić information content (AvgIpc) is 3.60. The van der Waals surface area contributed by atoms with Crippen LogP contribution in [0.2, 0.25) is 0 Å². The first-order valence-electron chi connectivity index (χ1n) is 13.9. The largest absolute Gasteiger partial charge is 0.294 e.